The van der Waals surface area contributed by atoms with Crippen LogP contribution in [0.15, 0.2) is 95.9 Å². The molecule has 0 aliphatic rings. The quantitative estimate of drug-likeness (QED) is 0.170. The first-order valence-corrected chi connectivity index (χ1v) is 16.7. The Balaban J connectivity index is 1.83. The van der Waals surface area contributed by atoms with Gasteiger partial charge in [0.2, 0.25) is 11.8 Å². The first kappa shape index (κ1) is 35.5. The Bertz CT molecular complexity index is 1810. The number of nitrogens with one attached hydrogen (secondary N) is 1. The van der Waals surface area contributed by atoms with Crippen molar-refractivity contribution in [3.63, 3.8) is 0 Å². The van der Waals surface area contributed by atoms with Crippen molar-refractivity contribution >= 4 is 50.7 Å². The Labute approximate surface area is 283 Å². The van der Waals surface area contributed by atoms with Gasteiger partial charge in [-0.2, -0.15) is 0 Å². The molecule has 0 bridgehead atoms. The van der Waals surface area contributed by atoms with Crippen molar-refractivity contribution in [3.05, 3.63) is 118 Å². The highest BCUT2D eigenvalue weighted by Gasteiger charge is 2.35. The number of benzene rings is 4. The lowest BCUT2D eigenvalue weighted by Gasteiger charge is -2.34. The monoisotopic (exact) mass is 701 g/mol. The molecule has 0 aromatic heterocycles. The van der Waals surface area contributed by atoms with Gasteiger partial charge in [0.1, 0.15) is 18.4 Å². The zero-order valence-electron chi connectivity index (χ0n) is 26.0. The van der Waals surface area contributed by atoms with E-state index in [1.54, 1.807) is 25.1 Å². The van der Waals surface area contributed by atoms with Gasteiger partial charge in [-0.05, 0) is 66.6 Å². The third kappa shape index (κ3) is 8.73. The molecule has 0 radical (unpaired) electrons. The van der Waals surface area contributed by atoms with Gasteiger partial charge in [0.25, 0.3) is 10.0 Å². The summed E-state index contributed by atoms with van der Waals surface area (Å²) >= 11 is 12.4. The van der Waals surface area contributed by atoms with Crippen LogP contribution < -0.4 is 19.1 Å². The van der Waals surface area contributed by atoms with Gasteiger partial charge in [-0.3, -0.25) is 13.9 Å². The van der Waals surface area contributed by atoms with Crippen LogP contribution in [0.3, 0.4) is 0 Å². The van der Waals surface area contributed by atoms with Crippen molar-refractivity contribution in [2.75, 3.05) is 31.6 Å². The van der Waals surface area contributed by atoms with Crippen LogP contribution in [0.4, 0.5) is 10.1 Å². The van der Waals surface area contributed by atoms with E-state index >= 15 is 0 Å². The molecule has 0 saturated heterocycles. The minimum absolute atomic E-state index is 0.0293. The lowest BCUT2D eigenvalue weighted by atomic mass is 10.0. The molecular weight excluding hydrogens is 668 g/mol. The van der Waals surface area contributed by atoms with E-state index in [1.165, 1.54) is 49.5 Å². The fourth-order valence-electron chi connectivity index (χ4n) is 4.92. The number of halogens is 3. The van der Waals surface area contributed by atoms with Crippen LogP contribution in [0.25, 0.3) is 0 Å². The largest absolute Gasteiger partial charge is 0.493 e. The third-order valence-corrected chi connectivity index (χ3v) is 9.80. The number of likely N-dealkylation sites (N-methyl/N-ethyl adjacent to an activating group) is 1. The van der Waals surface area contributed by atoms with Gasteiger partial charge in [0, 0.05) is 25.6 Å². The number of amides is 2. The van der Waals surface area contributed by atoms with Crippen molar-refractivity contribution < 1.29 is 31.9 Å². The molecule has 0 aliphatic carbocycles. The fourth-order valence-corrected chi connectivity index (χ4v) is 6.67. The van der Waals surface area contributed by atoms with Gasteiger partial charge < -0.3 is 19.7 Å². The number of hydrogen-bond donors (Lipinski definition) is 1. The summed E-state index contributed by atoms with van der Waals surface area (Å²) < 4.78 is 53.9. The molecule has 2 amide bonds. The summed E-state index contributed by atoms with van der Waals surface area (Å²) in [6, 6.07) is 21.7. The summed E-state index contributed by atoms with van der Waals surface area (Å²) in [5.74, 6) is -1.27. The molecule has 4 aromatic carbocycles. The van der Waals surface area contributed by atoms with Crippen LogP contribution in [0.2, 0.25) is 10.0 Å². The Hall–Kier alpha value is -4.32. The van der Waals surface area contributed by atoms with Gasteiger partial charge in [-0.15, -0.1) is 0 Å². The molecule has 4 rings (SSSR count). The normalized spacial score (nSPS) is 11.8. The highest BCUT2D eigenvalue weighted by atomic mass is 35.5. The first-order chi connectivity index (χ1) is 22.5. The molecule has 47 heavy (non-hydrogen) atoms. The Morgan fingerprint density at radius 2 is 1.53 bits per heavy atom. The average Bonchev–Trinajstić information content (AvgIpc) is 3.07. The van der Waals surface area contributed by atoms with E-state index in [0.717, 1.165) is 22.0 Å². The second kappa shape index (κ2) is 16.0. The number of rotatable bonds is 14. The molecule has 0 spiro atoms. The van der Waals surface area contributed by atoms with E-state index in [9.17, 15) is 22.4 Å². The summed E-state index contributed by atoms with van der Waals surface area (Å²) in [6.45, 7) is 1.23. The van der Waals surface area contributed by atoms with Crippen molar-refractivity contribution in [2.24, 2.45) is 0 Å². The van der Waals surface area contributed by atoms with Crippen molar-refractivity contribution in [1.29, 1.82) is 0 Å². The smallest absolute Gasteiger partial charge is 0.264 e. The van der Waals surface area contributed by atoms with Crippen LogP contribution in [0.5, 0.6) is 11.5 Å². The number of nitrogens with zero attached hydrogens (tertiary/aromatic N) is 2. The highest BCUT2D eigenvalue weighted by molar-refractivity contribution is 7.92. The van der Waals surface area contributed by atoms with Gasteiger partial charge in [0.15, 0.2) is 11.5 Å². The maximum atomic E-state index is 14.5. The molecule has 0 heterocycles. The molecule has 0 unspecified atom stereocenters. The number of sulfonamides is 1. The van der Waals surface area contributed by atoms with Crippen LogP contribution in [-0.2, 0) is 32.6 Å². The van der Waals surface area contributed by atoms with Crippen LogP contribution >= 0.6 is 23.2 Å². The van der Waals surface area contributed by atoms with Crippen LogP contribution in [-0.4, -0.2) is 58.5 Å². The third-order valence-electron chi connectivity index (χ3n) is 7.30. The molecule has 13 heteroatoms. The molecule has 4 aromatic rings. The average molecular weight is 703 g/mol. The molecule has 9 nitrogen and oxygen atoms in total. The maximum Gasteiger partial charge on any atom is 0.264 e. The molecule has 1 atom stereocenters. The molecular formula is C34H34Cl2FN3O6S. The summed E-state index contributed by atoms with van der Waals surface area (Å²) in [5.41, 5.74) is 1.37. The number of ether oxygens (including phenoxy) is 2. The van der Waals surface area contributed by atoms with Gasteiger partial charge >= 0.3 is 0 Å². The summed E-state index contributed by atoms with van der Waals surface area (Å²) in [5, 5.41) is 3.35. The van der Waals surface area contributed by atoms with E-state index in [2.05, 4.69) is 5.32 Å². The molecule has 0 aliphatic heterocycles. The maximum absolute atomic E-state index is 14.5. The fraction of sp³-hybridized carbons (Fsp3) is 0.235. The predicted octanol–water partition coefficient (Wildman–Crippen LogP) is 6.12. The minimum atomic E-state index is -4.46. The zero-order valence-corrected chi connectivity index (χ0v) is 28.3. The summed E-state index contributed by atoms with van der Waals surface area (Å²) in [6.07, 6.45) is 0.138. The number of hydrogen-bond acceptors (Lipinski definition) is 6. The minimum Gasteiger partial charge on any atom is -0.493 e. The van der Waals surface area contributed by atoms with E-state index in [1.807, 2.05) is 30.3 Å². The first-order valence-electron chi connectivity index (χ1n) is 14.5. The second-order valence-electron chi connectivity index (χ2n) is 10.4. The highest BCUT2D eigenvalue weighted by Crippen LogP contribution is 2.33. The number of methoxy groups -OCH3 is 2. The van der Waals surface area contributed by atoms with E-state index in [0.29, 0.717) is 22.9 Å². The molecule has 1 N–H and O–H groups in total. The Morgan fingerprint density at radius 1 is 0.851 bits per heavy atom. The Morgan fingerprint density at radius 3 is 2.15 bits per heavy atom. The van der Waals surface area contributed by atoms with Gasteiger partial charge in [-0.1, -0.05) is 59.6 Å². The second-order valence-corrected chi connectivity index (χ2v) is 13.1. The lowest BCUT2D eigenvalue weighted by molar-refractivity contribution is -0.140. The van der Waals surface area contributed by atoms with Crippen molar-refractivity contribution in [2.45, 2.75) is 30.8 Å². The number of anilines is 1. The van der Waals surface area contributed by atoms with E-state index in [4.69, 9.17) is 32.7 Å². The predicted molar refractivity (Wildman–Crippen MR) is 180 cm³/mol. The standard InChI is InChI=1S/C34H34Cl2FN3O6S/c1-4-38-34(42)30(19-23-8-6-5-7-9-23)39(21-24-10-16-28(35)29(36)18-24)33(41)22-40(26-13-11-25(37)12-14-26)47(43,44)27-15-17-31(45-2)32(20-27)46-3/h5-18,20,30H,4,19,21-22H2,1-3H3,(H,38,42)/t30-/m0/s1. The van der Waals surface area contributed by atoms with Gasteiger partial charge in [0.05, 0.1) is 34.8 Å². The zero-order chi connectivity index (χ0) is 34.1. The van der Waals surface area contributed by atoms with Crippen molar-refractivity contribution in [1.82, 2.24) is 10.2 Å². The topological polar surface area (TPSA) is 105 Å². The van der Waals surface area contributed by atoms with Crippen LogP contribution in [0.1, 0.15) is 18.1 Å². The summed E-state index contributed by atoms with van der Waals surface area (Å²) in [7, 11) is -1.68. The number of carbonyl (C=O) groups is 2. The Kier molecular flexibility index (Phi) is 12.1. The number of carbonyl (C=O) groups excluding carboxylic acids is 2. The van der Waals surface area contributed by atoms with Crippen LogP contribution in [0, 0.1) is 5.82 Å². The van der Waals surface area contributed by atoms with Crippen molar-refractivity contribution in [3.8, 4) is 11.5 Å². The molecule has 248 valence electrons. The molecule has 0 saturated carbocycles. The van der Waals surface area contributed by atoms with E-state index in [-0.39, 0.29) is 34.3 Å². The molecule has 0 fully saturated rings. The SMILES string of the molecule is CCNC(=O)[C@H](Cc1ccccc1)N(Cc1ccc(Cl)c(Cl)c1)C(=O)CN(c1ccc(F)cc1)S(=O)(=O)c1ccc(OC)c(OC)c1. The lowest BCUT2D eigenvalue weighted by Crippen LogP contribution is -2.53. The van der Waals surface area contributed by atoms with E-state index < -0.39 is 40.2 Å². The summed E-state index contributed by atoms with van der Waals surface area (Å²) in [4.78, 5) is 29.2. The van der Waals surface area contributed by atoms with Gasteiger partial charge in [-0.25, -0.2) is 12.8 Å².